The Bertz CT molecular complexity index is 547. The van der Waals surface area contributed by atoms with Gasteiger partial charge in [0.2, 0.25) is 0 Å². The molecule has 3 rings (SSSR count). The molecule has 1 aliphatic rings. The Morgan fingerprint density at radius 3 is 2.83 bits per heavy atom. The number of rotatable bonds is 2. The van der Waals surface area contributed by atoms with E-state index in [1.54, 1.807) is 0 Å². The zero-order chi connectivity index (χ0) is 12.5. The third-order valence-electron chi connectivity index (χ3n) is 3.25. The van der Waals surface area contributed by atoms with Crippen LogP contribution in [0.4, 0.5) is 4.39 Å². The molecule has 0 amide bonds. The third-order valence-corrected chi connectivity index (χ3v) is 3.25. The van der Waals surface area contributed by atoms with Crippen LogP contribution in [0.1, 0.15) is 17.8 Å². The summed E-state index contributed by atoms with van der Waals surface area (Å²) in [5.74, 6) is 1.41. The Morgan fingerprint density at radius 2 is 2.11 bits per heavy atom. The van der Waals surface area contributed by atoms with Crippen molar-refractivity contribution in [3.63, 3.8) is 0 Å². The predicted molar refractivity (Wildman–Crippen MR) is 66.6 cm³/mol. The lowest BCUT2D eigenvalue weighted by molar-refractivity contribution is 0.260. The number of nitrogens with zero attached hydrogens (tertiary/aromatic N) is 3. The van der Waals surface area contributed by atoms with E-state index in [4.69, 9.17) is 5.73 Å². The number of nitrogens with two attached hydrogens (primary N) is 1. The topological polar surface area (TPSA) is 56.7 Å². The molecule has 4 nitrogen and oxygen atoms in total. The molecule has 1 unspecified atom stereocenters. The Kier molecular flexibility index (Phi) is 2.83. The van der Waals surface area contributed by atoms with Gasteiger partial charge in [-0.05, 0) is 12.0 Å². The van der Waals surface area contributed by atoms with Crippen LogP contribution in [0.15, 0.2) is 24.3 Å². The van der Waals surface area contributed by atoms with Crippen molar-refractivity contribution < 1.29 is 4.39 Å². The molecule has 0 saturated heterocycles. The number of hydrogen-bond acceptors (Lipinski definition) is 3. The summed E-state index contributed by atoms with van der Waals surface area (Å²) in [6.45, 7) is 1.14. The van der Waals surface area contributed by atoms with E-state index < -0.39 is 6.17 Å². The van der Waals surface area contributed by atoms with E-state index in [1.807, 2.05) is 28.9 Å². The van der Waals surface area contributed by atoms with Gasteiger partial charge in [0.05, 0.1) is 0 Å². The van der Waals surface area contributed by atoms with Crippen molar-refractivity contribution in [1.29, 1.82) is 0 Å². The number of aromatic nitrogens is 3. The molecule has 1 aromatic heterocycles. The van der Waals surface area contributed by atoms with Gasteiger partial charge >= 0.3 is 0 Å². The molecule has 2 aromatic rings. The summed E-state index contributed by atoms with van der Waals surface area (Å²) >= 11 is 0. The molecule has 1 atom stereocenters. The molecule has 0 bridgehead atoms. The fourth-order valence-corrected chi connectivity index (χ4v) is 2.18. The van der Waals surface area contributed by atoms with E-state index in [0.29, 0.717) is 31.8 Å². The van der Waals surface area contributed by atoms with Crippen molar-refractivity contribution in [3.05, 3.63) is 35.7 Å². The molecule has 1 aliphatic heterocycles. The maximum atomic E-state index is 13.3. The van der Waals surface area contributed by atoms with Crippen molar-refractivity contribution >= 4 is 0 Å². The summed E-state index contributed by atoms with van der Waals surface area (Å²) in [6.07, 6.45) is 0.115. The number of benzene rings is 1. The van der Waals surface area contributed by atoms with Crippen LogP contribution in [0.25, 0.3) is 11.4 Å². The summed E-state index contributed by atoms with van der Waals surface area (Å²) in [5, 5.41) is 4.42. The summed E-state index contributed by atoms with van der Waals surface area (Å²) in [5.41, 5.74) is 7.58. The van der Waals surface area contributed by atoms with Gasteiger partial charge in [-0.25, -0.2) is 14.1 Å². The minimum Gasteiger partial charge on any atom is -0.326 e. The third kappa shape index (κ3) is 2.01. The Hall–Kier alpha value is -1.75. The van der Waals surface area contributed by atoms with Crippen molar-refractivity contribution in [3.8, 4) is 11.4 Å². The number of aryl methyl sites for hydroxylation is 1. The van der Waals surface area contributed by atoms with Crippen LogP contribution >= 0.6 is 0 Å². The number of alkyl halides is 1. The Labute approximate surface area is 105 Å². The second kappa shape index (κ2) is 4.49. The summed E-state index contributed by atoms with van der Waals surface area (Å²) in [7, 11) is 0. The van der Waals surface area contributed by atoms with E-state index in [1.165, 1.54) is 0 Å². The van der Waals surface area contributed by atoms with Crippen LogP contribution in [0.2, 0.25) is 0 Å². The zero-order valence-electron chi connectivity index (χ0n) is 10.0. The minimum absolute atomic E-state index is 0.369. The van der Waals surface area contributed by atoms with Crippen LogP contribution in [-0.4, -0.2) is 20.9 Å². The fourth-order valence-electron chi connectivity index (χ4n) is 2.18. The van der Waals surface area contributed by atoms with Crippen LogP contribution in [0.5, 0.6) is 0 Å². The first kappa shape index (κ1) is 11.3. The second-order valence-corrected chi connectivity index (χ2v) is 4.57. The van der Waals surface area contributed by atoms with Gasteiger partial charge in [-0.1, -0.05) is 24.3 Å². The van der Waals surface area contributed by atoms with Crippen LogP contribution in [0.3, 0.4) is 0 Å². The summed E-state index contributed by atoms with van der Waals surface area (Å²) < 4.78 is 15.1. The van der Waals surface area contributed by atoms with Gasteiger partial charge in [-0.15, -0.1) is 0 Å². The lowest BCUT2D eigenvalue weighted by Gasteiger charge is -2.14. The van der Waals surface area contributed by atoms with Crippen LogP contribution in [0, 0.1) is 0 Å². The monoisotopic (exact) mass is 246 g/mol. The molecule has 94 valence electrons. The molecule has 18 heavy (non-hydrogen) atoms. The fraction of sp³-hybridized carbons (Fsp3) is 0.385. The van der Waals surface area contributed by atoms with Crippen molar-refractivity contribution in [2.75, 3.05) is 0 Å². The molecular weight excluding hydrogens is 231 g/mol. The summed E-state index contributed by atoms with van der Waals surface area (Å²) in [4.78, 5) is 4.41. The molecule has 0 aliphatic carbocycles. The van der Waals surface area contributed by atoms with Gasteiger partial charge in [0, 0.05) is 25.1 Å². The average molecular weight is 246 g/mol. The molecule has 1 aromatic carbocycles. The lowest BCUT2D eigenvalue weighted by atomic mass is 10.1. The first-order valence-electron chi connectivity index (χ1n) is 6.13. The zero-order valence-corrected chi connectivity index (χ0v) is 10.0. The standard InChI is InChI=1S/C13H15FN4/c14-11-5-6-18-12(7-11)16-13(17-18)10-3-1-9(8-15)2-4-10/h1-4,11H,5-8,15H2. The van der Waals surface area contributed by atoms with Gasteiger partial charge in [0.15, 0.2) is 5.82 Å². The van der Waals surface area contributed by atoms with E-state index in [0.717, 1.165) is 17.0 Å². The highest BCUT2D eigenvalue weighted by molar-refractivity contribution is 5.55. The van der Waals surface area contributed by atoms with Gasteiger partial charge in [0.1, 0.15) is 12.0 Å². The van der Waals surface area contributed by atoms with Gasteiger partial charge in [-0.3, -0.25) is 0 Å². The first-order chi connectivity index (χ1) is 8.76. The van der Waals surface area contributed by atoms with E-state index in [9.17, 15) is 4.39 Å². The van der Waals surface area contributed by atoms with Crippen LogP contribution in [-0.2, 0) is 19.5 Å². The van der Waals surface area contributed by atoms with E-state index in [-0.39, 0.29) is 0 Å². The maximum Gasteiger partial charge on any atom is 0.181 e. The first-order valence-corrected chi connectivity index (χ1v) is 6.13. The predicted octanol–water partition coefficient (Wildman–Crippen LogP) is 1.69. The smallest absolute Gasteiger partial charge is 0.181 e. The molecule has 2 heterocycles. The molecule has 0 radical (unpaired) electrons. The van der Waals surface area contributed by atoms with Gasteiger partial charge < -0.3 is 5.73 Å². The lowest BCUT2D eigenvalue weighted by Crippen LogP contribution is -2.20. The second-order valence-electron chi connectivity index (χ2n) is 4.57. The van der Waals surface area contributed by atoms with E-state index in [2.05, 4.69) is 10.1 Å². The molecule has 0 saturated carbocycles. The quantitative estimate of drug-likeness (QED) is 0.877. The van der Waals surface area contributed by atoms with Crippen molar-refractivity contribution in [2.24, 2.45) is 5.73 Å². The highest BCUT2D eigenvalue weighted by Gasteiger charge is 2.21. The van der Waals surface area contributed by atoms with Gasteiger partial charge in [0.25, 0.3) is 0 Å². The Balaban J connectivity index is 1.92. The largest absolute Gasteiger partial charge is 0.326 e. The molecule has 2 N–H and O–H groups in total. The number of halogens is 1. The minimum atomic E-state index is -0.783. The Morgan fingerprint density at radius 1 is 1.33 bits per heavy atom. The molecule has 5 heteroatoms. The summed E-state index contributed by atoms with van der Waals surface area (Å²) in [6, 6.07) is 7.84. The van der Waals surface area contributed by atoms with E-state index >= 15 is 0 Å². The van der Waals surface area contributed by atoms with Crippen LogP contribution < -0.4 is 5.73 Å². The average Bonchev–Trinajstić information content (AvgIpc) is 2.81. The van der Waals surface area contributed by atoms with Crippen molar-refractivity contribution in [1.82, 2.24) is 14.8 Å². The van der Waals surface area contributed by atoms with Gasteiger partial charge in [-0.2, -0.15) is 5.10 Å². The normalized spacial score (nSPS) is 18.7. The highest BCUT2D eigenvalue weighted by Crippen LogP contribution is 2.21. The molecule has 0 fully saturated rings. The maximum absolute atomic E-state index is 13.3. The highest BCUT2D eigenvalue weighted by atomic mass is 19.1. The number of fused-ring (bicyclic) bond motifs is 1. The van der Waals surface area contributed by atoms with Crippen molar-refractivity contribution in [2.45, 2.75) is 32.1 Å². The SMILES string of the molecule is NCc1ccc(-c2nc3n(n2)CCC(F)C3)cc1. The molecular formula is C13H15FN4. The number of hydrogen-bond donors (Lipinski definition) is 1. The molecule has 0 spiro atoms.